The zero-order valence-corrected chi connectivity index (χ0v) is 13.7. The third-order valence-corrected chi connectivity index (χ3v) is 3.51. The molecule has 0 aliphatic heterocycles. The normalized spacial score (nSPS) is 11.0. The largest absolute Gasteiger partial charge is 0.506 e. The van der Waals surface area contributed by atoms with Gasteiger partial charge in [0.2, 0.25) is 0 Å². The second kappa shape index (κ2) is 6.46. The first kappa shape index (κ1) is 15.8. The summed E-state index contributed by atoms with van der Waals surface area (Å²) >= 11 is 14.8. The van der Waals surface area contributed by atoms with Crippen LogP contribution in [0.15, 0.2) is 27.9 Å². The number of amides is 1. The lowest BCUT2D eigenvalue weighted by atomic mass is 10.2. The standard InChI is InChI=1S/C12H9BrCl2N4O2/c1-19-5-8(13)10(18-19)12(21)17-16-4-6-2-7(14)3-9(15)11(6)20/h2-5,20H,1H3,(H,17,21)/b16-4-. The van der Waals surface area contributed by atoms with Crippen molar-refractivity contribution in [3.8, 4) is 5.75 Å². The maximum absolute atomic E-state index is 11.8. The predicted molar refractivity (Wildman–Crippen MR) is 84.1 cm³/mol. The molecule has 2 N–H and O–H groups in total. The van der Waals surface area contributed by atoms with Gasteiger partial charge in [0, 0.05) is 23.8 Å². The third-order valence-electron chi connectivity index (χ3n) is 2.43. The van der Waals surface area contributed by atoms with Crippen LogP contribution in [0.1, 0.15) is 16.1 Å². The molecule has 0 saturated carbocycles. The fourth-order valence-electron chi connectivity index (χ4n) is 1.51. The fourth-order valence-corrected chi connectivity index (χ4v) is 2.58. The van der Waals surface area contributed by atoms with Crippen LogP contribution in [-0.4, -0.2) is 27.0 Å². The van der Waals surface area contributed by atoms with Crippen molar-refractivity contribution in [1.29, 1.82) is 0 Å². The molecule has 0 bridgehead atoms. The Kier molecular flexibility index (Phi) is 4.87. The van der Waals surface area contributed by atoms with Gasteiger partial charge in [0.15, 0.2) is 5.69 Å². The van der Waals surface area contributed by atoms with E-state index in [2.05, 4.69) is 31.6 Å². The van der Waals surface area contributed by atoms with Crippen molar-refractivity contribution in [3.05, 3.63) is 44.1 Å². The first-order chi connectivity index (χ1) is 9.88. The molecule has 1 amide bonds. The lowest BCUT2D eigenvalue weighted by Crippen LogP contribution is -2.19. The lowest BCUT2D eigenvalue weighted by Gasteiger charge is -2.02. The molecule has 0 saturated heterocycles. The fraction of sp³-hybridized carbons (Fsp3) is 0.0833. The number of nitrogens with one attached hydrogen (secondary N) is 1. The van der Waals surface area contributed by atoms with E-state index in [0.717, 1.165) is 0 Å². The number of hydrogen-bond donors (Lipinski definition) is 2. The molecule has 1 aromatic heterocycles. The Bertz CT molecular complexity index is 730. The van der Waals surface area contributed by atoms with Gasteiger partial charge in [0.25, 0.3) is 5.91 Å². The Morgan fingerprint density at radius 3 is 2.86 bits per heavy atom. The quantitative estimate of drug-likeness (QED) is 0.623. The summed E-state index contributed by atoms with van der Waals surface area (Å²) < 4.78 is 2.04. The van der Waals surface area contributed by atoms with Crippen molar-refractivity contribution in [2.75, 3.05) is 0 Å². The van der Waals surface area contributed by atoms with E-state index < -0.39 is 5.91 Å². The second-order valence-corrected chi connectivity index (χ2v) is 5.72. The maximum Gasteiger partial charge on any atom is 0.293 e. The zero-order chi connectivity index (χ0) is 15.6. The van der Waals surface area contributed by atoms with E-state index >= 15 is 0 Å². The minimum atomic E-state index is -0.494. The number of carbonyl (C=O) groups excluding carboxylic acids is 1. The molecule has 110 valence electrons. The van der Waals surface area contributed by atoms with Crippen molar-refractivity contribution in [2.24, 2.45) is 12.1 Å². The zero-order valence-electron chi connectivity index (χ0n) is 10.6. The third kappa shape index (κ3) is 3.75. The summed E-state index contributed by atoms with van der Waals surface area (Å²) in [5.41, 5.74) is 2.78. The molecule has 0 fully saturated rings. The Balaban J connectivity index is 2.13. The van der Waals surface area contributed by atoms with Gasteiger partial charge in [-0.25, -0.2) is 5.43 Å². The van der Waals surface area contributed by atoms with Crippen LogP contribution in [0, 0.1) is 0 Å². The molecule has 6 nitrogen and oxygen atoms in total. The van der Waals surface area contributed by atoms with E-state index in [4.69, 9.17) is 23.2 Å². The molecule has 0 aliphatic carbocycles. The molecule has 0 spiro atoms. The highest BCUT2D eigenvalue weighted by atomic mass is 79.9. The SMILES string of the molecule is Cn1cc(Br)c(C(=O)N/N=C\c2cc(Cl)cc(Cl)c2O)n1. The number of phenolic OH excluding ortho intramolecular Hbond substituents is 1. The summed E-state index contributed by atoms with van der Waals surface area (Å²) in [6.45, 7) is 0. The lowest BCUT2D eigenvalue weighted by molar-refractivity contribution is 0.0948. The topological polar surface area (TPSA) is 79.5 Å². The van der Waals surface area contributed by atoms with Crippen LogP contribution in [0.5, 0.6) is 5.75 Å². The van der Waals surface area contributed by atoms with Gasteiger partial charge in [-0.3, -0.25) is 9.48 Å². The minimum absolute atomic E-state index is 0.0998. The summed E-state index contributed by atoms with van der Waals surface area (Å²) in [6.07, 6.45) is 2.88. The van der Waals surface area contributed by atoms with E-state index in [1.54, 1.807) is 13.2 Å². The average molecular weight is 392 g/mol. The number of halogens is 3. The smallest absolute Gasteiger partial charge is 0.293 e. The number of hydrazone groups is 1. The van der Waals surface area contributed by atoms with Crippen molar-refractivity contribution in [3.63, 3.8) is 0 Å². The van der Waals surface area contributed by atoms with E-state index in [1.165, 1.54) is 23.0 Å². The molecule has 0 radical (unpaired) electrons. The summed E-state index contributed by atoms with van der Waals surface area (Å²) in [4.78, 5) is 11.8. The molecule has 0 unspecified atom stereocenters. The Labute approximate surface area is 138 Å². The first-order valence-electron chi connectivity index (χ1n) is 5.59. The van der Waals surface area contributed by atoms with E-state index in [9.17, 15) is 9.90 Å². The van der Waals surface area contributed by atoms with Crippen molar-refractivity contribution < 1.29 is 9.90 Å². The van der Waals surface area contributed by atoms with Gasteiger partial charge in [0.1, 0.15) is 5.75 Å². The van der Waals surface area contributed by atoms with Crippen LogP contribution in [-0.2, 0) is 7.05 Å². The van der Waals surface area contributed by atoms with E-state index in [0.29, 0.717) is 9.50 Å². The summed E-state index contributed by atoms with van der Waals surface area (Å²) in [7, 11) is 1.69. The number of aryl methyl sites for hydroxylation is 1. The summed E-state index contributed by atoms with van der Waals surface area (Å²) in [6, 6.07) is 2.87. The molecule has 0 atom stereocenters. The summed E-state index contributed by atoms with van der Waals surface area (Å²) in [5.74, 6) is -0.663. The molecule has 1 aromatic carbocycles. The molecule has 1 heterocycles. The molecular formula is C12H9BrCl2N4O2. The monoisotopic (exact) mass is 390 g/mol. The van der Waals surface area contributed by atoms with Gasteiger partial charge in [-0.1, -0.05) is 23.2 Å². The van der Waals surface area contributed by atoms with Crippen LogP contribution in [0.25, 0.3) is 0 Å². The number of hydrogen-bond acceptors (Lipinski definition) is 4. The van der Waals surface area contributed by atoms with Gasteiger partial charge in [-0.05, 0) is 28.1 Å². The number of rotatable bonds is 3. The van der Waals surface area contributed by atoms with Gasteiger partial charge >= 0.3 is 0 Å². The number of aromatic nitrogens is 2. The first-order valence-corrected chi connectivity index (χ1v) is 7.14. The molecular weight excluding hydrogens is 383 g/mol. The van der Waals surface area contributed by atoms with Crippen LogP contribution in [0.3, 0.4) is 0 Å². The molecule has 9 heteroatoms. The average Bonchev–Trinajstić information content (AvgIpc) is 2.74. The molecule has 0 aliphatic rings. The highest BCUT2D eigenvalue weighted by molar-refractivity contribution is 9.10. The van der Waals surface area contributed by atoms with E-state index in [1.807, 2.05) is 0 Å². The van der Waals surface area contributed by atoms with Gasteiger partial charge < -0.3 is 5.11 Å². The number of benzene rings is 1. The van der Waals surface area contributed by atoms with Gasteiger partial charge in [-0.2, -0.15) is 10.2 Å². The second-order valence-electron chi connectivity index (χ2n) is 4.02. The Hall–Kier alpha value is -1.57. The number of carbonyl (C=O) groups is 1. The molecule has 2 aromatic rings. The van der Waals surface area contributed by atoms with Crippen molar-refractivity contribution in [2.45, 2.75) is 0 Å². The van der Waals surface area contributed by atoms with Gasteiger partial charge in [-0.15, -0.1) is 0 Å². The maximum atomic E-state index is 11.8. The van der Waals surface area contributed by atoms with Crippen LogP contribution < -0.4 is 5.43 Å². The molecule has 2 rings (SSSR count). The number of phenols is 1. The predicted octanol–water partition coefficient (Wildman–Crippen LogP) is 2.96. The molecule has 21 heavy (non-hydrogen) atoms. The minimum Gasteiger partial charge on any atom is -0.506 e. The van der Waals surface area contributed by atoms with Crippen LogP contribution >= 0.6 is 39.1 Å². The van der Waals surface area contributed by atoms with Crippen LogP contribution in [0.2, 0.25) is 10.0 Å². The summed E-state index contributed by atoms with van der Waals surface area (Å²) in [5, 5.41) is 17.9. The highest BCUT2D eigenvalue weighted by Crippen LogP contribution is 2.29. The Morgan fingerprint density at radius 2 is 2.24 bits per heavy atom. The van der Waals surface area contributed by atoms with Crippen LogP contribution in [0.4, 0.5) is 0 Å². The van der Waals surface area contributed by atoms with Crippen molar-refractivity contribution in [1.82, 2.24) is 15.2 Å². The van der Waals surface area contributed by atoms with Gasteiger partial charge in [0.05, 0.1) is 15.7 Å². The van der Waals surface area contributed by atoms with E-state index in [-0.39, 0.29) is 22.0 Å². The number of nitrogens with zero attached hydrogens (tertiary/aromatic N) is 3. The highest BCUT2D eigenvalue weighted by Gasteiger charge is 2.13. The Morgan fingerprint density at radius 1 is 1.52 bits per heavy atom. The number of aromatic hydroxyl groups is 1. The van der Waals surface area contributed by atoms with Crippen molar-refractivity contribution >= 4 is 51.3 Å².